The molecule has 4 rings (SSSR count). The molecule has 4 aromatic rings. The van der Waals surface area contributed by atoms with Crippen molar-refractivity contribution in [2.24, 2.45) is 0 Å². The molecule has 0 aliphatic carbocycles. The Labute approximate surface area is 154 Å². The lowest BCUT2D eigenvalue weighted by molar-refractivity contribution is 0.102. The van der Waals surface area contributed by atoms with Crippen LogP contribution >= 0.6 is 11.3 Å². The van der Waals surface area contributed by atoms with Crippen LogP contribution < -0.4 is 5.32 Å². The molecule has 0 aliphatic heterocycles. The van der Waals surface area contributed by atoms with E-state index in [0.717, 1.165) is 27.5 Å². The topological polar surface area (TPSA) is 83.6 Å². The summed E-state index contributed by atoms with van der Waals surface area (Å²) in [5.74, 6) is 0.443. The third kappa shape index (κ3) is 3.38. The van der Waals surface area contributed by atoms with Crippen LogP contribution in [0.3, 0.4) is 0 Å². The molecule has 7 heteroatoms. The van der Waals surface area contributed by atoms with Gasteiger partial charge in [0.15, 0.2) is 5.82 Å². The molecule has 2 aromatic heterocycles. The minimum atomic E-state index is -0.182. The molecule has 0 spiro atoms. The second kappa shape index (κ2) is 6.89. The molecule has 2 N–H and O–H groups in total. The summed E-state index contributed by atoms with van der Waals surface area (Å²) in [6.07, 6.45) is 1.44. The van der Waals surface area contributed by atoms with Crippen molar-refractivity contribution in [2.45, 2.75) is 6.92 Å². The number of carbonyl (C=O) groups is 1. The van der Waals surface area contributed by atoms with Crippen LogP contribution in [0.2, 0.25) is 0 Å². The van der Waals surface area contributed by atoms with Crippen LogP contribution in [0.4, 0.5) is 5.69 Å². The maximum Gasteiger partial charge on any atom is 0.255 e. The van der Waals surface area contributed by atoms with E-state index in [-0.39, 0.29) is 5.91 Å². The zero-order valence-electron chi connectivity index (χ0n) is 13.9. The SMILES string of the molecule is Cc1nc(-c2cccc(NC(=O)c3cccc(-c4ncn[nH]4)c3)c2)cs1. The highest BCUT2D eigenvalue weighted by atomic mass is 32.1. The maximum atomic E-state index is 12.6. The molecule has 0 radical (unpaired) electrons. The Morgan fingerprint density at radius 3 is 2.73 bits per heavy atom. The largest absolute Gasteiger partial charge is 0.322 e. The molecule has 0 saturated heterocycles. The molecule has 0 atom stereocenters. The quantitative estimate of drug-likeness (QED) is 0.572. The standard InChI is InChI=1S/C19H15N5OS/c1-12-22-17(10-26-12)13-4-3-7-16(9-13)23-19(25)15-6-2-5-14(8-15)18-20-11-21-24-18/h2-11H,1H3,(H,23,25)(H,20,21,24). The van der Waals surface area contributed by atoms with Gasteiger partial charge < -0.3 is 5.32 Å². The highest BCUT2D eigenvalue weighted by Crippen LogP contribution is 2.24. The Balaban J connectivity index is 1.56. The summed E-state index contributed by atoms with van der Waals surface area (Å²) in [4.78, 5) is 21.2. The van der Waals surface area contributed by atoms with E-state index in [2.05, 4.69) is 25.5 Å². The molecule has 0 bridgehead atoms. The van der Waals surface area contributed by atoms with E-state index in [1.807, 2.05) is 48.7 Å². The number of H-pyrrole nitrogens is 1. The highest BCUT2D eigenvalue weighted by molar-refractivity contribution is 7.09. The number of amides is 1. The number of benzene rings is 2. The maximum absolute atomic E-state index is 12.6. The van der Waals surface area contributed by atoms with Crippen LogP contribution in [0, 0.1) is 6.92 Å². The molecule has 26 heavy (non-hydrogen) atoms. The van der Waals surface area contributed by atoms with Crippen molar-refractivity contribution in [2.75, 3.05) is 5.32 Å². The number of aromatic amines is 1. The van der Waals surface area contributed by atoms with Crippen LogP contribution in [0.5, 0.6) is 0 Å². The van der Waals surface area contributed by atoms with Gasteiger partial charge in [0.2, 0.25) is 0 Å². The Morgan fingerprint density at radius 2 is 1.96 bits per heavy atom. The molecular formula is C19H15N5OS. The first-order chi connectivity index (χ1) is 12.7. The molecule has 0 unspecified atom stereocenters. The van der Waals surface area contributed by atoms with Crippen molar-refractivity contribution in [3.63, 3.8) is 0 Å². The van der Waals surface area contributed by atoms with Crippen molar-refractivity contribution in [3.8, 4) is 22.6 Å². The number of hydrogen-bond donors (Lipinski definition) is 2. The Kier molecular flexibility index (Phi) is 4.28. The third-order valence-electron chi connectivity index (χ3n) is 3.85. The van der Waals surface area contributed by atoms with Gasteiger partial charge in [0, 0.05) is 27.8 Å². The van der Waals surface area contributed by atoms with E-state index < -0.39 is 0 Å². The predicted octanol–water partition coefficient (Wildman–Crippen LogP) is 4.16. The number of thiazole rings is 1. The number of anilines is 1. The zero-order chi connectivity index (χ0) is 17.9. The van der Waals surface area contributed by atoms with Gasteiger partial charge >= 0.3 is 0 Å². The van der Waals surface area contributed by atoms with Crippen LogP contribution in [0.25, 0.3) is 22.6 Å². The normalized spacial score (nSPS) is 10.7. The van der Waals surface area contributed by atoms with E-state index in [9.17, 15) is 4.79 Å². The van der Waals surface area contributed by atoms with Crippen molar-refractivity contribution >= 4 is 22.9 Å². The second-order valence-electron chi connectivity index (χ2n) is 5.70. The van der Waals surface area contributed by atoms with Gasteiger partial charge in [-0.2, -0.15) is 5.10 Å². The number of rotatable bonds is 4. The lowest BCUT2D eigenvalue weighted by atomic mass is 10.1. The van der Waals surface area contributed by atoms with E-state index in [0.29, 0.717) is 11.4 Å². The van der Waals surface area contributed by atoms with Crippen LogP contribution in [0.15, 0.2) is 60.2 Å². The Morgan fingerprint density at radius 1 is 1.12 bits per heavy atom. The van der Waals surface area contributed by atoms with Crippen LogP contribution in [0.1, 0.15) is 15.4 Å². The molecule has 0 aliphatic rings. The molecule has 0 fully saturated rings. The lowest BCUT2D eigenvalue weighted by Gasteiger charge is -2.07. The fourth-order valence-corrected chi connectivity index (χ4v) is 3.23. The summed E-state index contributed by atoms with van der Waals surface area (Å²) >= 11 is 1.60. The van der Waals surface area contributed by atoms with Gasteiger partial charge in [0.1, 0.15) is 6.33 Å². The molecule has 6 nitrogen and oxygen atoms in total. The monoisotopic (exact) mass is 361 g/mol. The molecule has 2 heterocycles. The number of hydrogen-bond acceptors (Lipinski definition) is 5. The second-order valence-corrected chi connectivity index (χ2v) is 6.76. The summed E-state index contributed by atoms with van der Waals surface area (Å²) in [7, 11) is 0. The van der Waals surface area contributed by atoms with Gasteiger partial charge in [-0.05, 0) is 31.2 Å². The van der Waals surface area contributed by atoms with Crippen molar-refractivity contribution in [1.29, 1.82) is 0 Å². The Bertz CT molecular complexity index is 1060. The molecular weight excluding hydrogens is 346 g/mol. The van der Waals surface area contributed by atoms with Gasteiger partial charge in [-0.15, -0.1) is 11.3 Å². The third-order valence-corrected chi connectivity index (χ3v) is 4.62. The van der Waals surface area contributed by atoms with Crippen LogP contribution in [-0.4, -0.2) is 26.1 Å². The van der Waals surface area contributed by atoms with E-state index >= 15 is 0 Å². The van der Waals surface area contributed by atoms with Gasteiger partial charge in [-0.25, -0.2) is 9.97 Å². The van der Waals surface area contributed by atoms with Gasteiger partial charge in [-0.3, -0.25) is 9.89 Å². The van der Waals surface area contributed by atoms with E-state index in [1.54, 1.807) is 23.5 Å². The minimum absolute atomic E-state index is 0.182. The first-order valence-electron chi connectivity index (χ1n) is 7.99. The van der Waals surface area contributed by atoms with E-state index in [4.69, 9.17) is 0 Å². The highest BCUT2D eigenvalue weighted by Gasteiger charge is 2.10. The number of aromatic nitrogens is 4. The first kappa shape index (κ1) is 16.2. The average Bonchev–Trinajstić information content (AvgIpc) is 3.34. The number of carbonyl (C=O) groups excluding carboxylic acids is 1. The number of aryl methyl sites for hydroxylation is 1. The van der Waals surface area contributed by atoms with Crippen molar-refractivity contribution in [3.05, 3.63) is 70.8 Å². The smallest absolute Gasteiger partial charge is 0.255 e. The summed E-state index contributed by atoms with van der Waals surface area (Å²) in [6, 6.07) is 14.9. The predicted molar refractivity (Wildman–Crippen MR) is 102 cm³/mol. The van der Waals surface area contributed by atoms with Gasteiger partial charge in [-0.1, -0.05) is 24.3 Å². The molecule has 1 amide bonds. The van der Waals surface area contributed by atoms with Crippen molar-refractivity contribution in [1.82, 2.24) is 20.2 Å². The molecule has 128 valence electrons. The van der Waals surface area contributed by atoms with E-state index in [1.165, 1.54) is 6.33 Å². The number of nitrogens with zero attached hydrogens (tertiary/aromatic N) is 3. The fourth-order valence-electron chi connectivity index (χ4n) is 2.61. The number of nitrogens with one attached hydrogen (secondary N) is 2. The summed E-state index contributed by atoms with van der Waals surface area (Å²) in [6.45, 7) is 1.97. The van der Waals surface area contributed by atoms with Crippen LogP contribution in [-0.2, 0) is 0 Å². The van der Waals surface area contributed by atoms with Gasteiger partial charge in [0.05, 0.1) is 10.7 Å². The summed E-state index contributed by atoms with van der Waals surface area (Å²) in [5, 5.41) is 12.6. The summed E-state index contributed by atoms with van der Waals surface area (Å²) in [5.41, 5.74) is 3.97. The molecule has 0 saturated carbocycles. The fraction of sp³-hybridized carbons (Fsp3) is 0.0526. The molecule has 2 aromatic carbocycles. The average molecular weight is 361 g/mol. The minimum Gasteiger partial charge on any atom is -0.322 e. The Hall–Kier alpha value is -3.32. The first-order valence-corrected chi connectivity index (χ1v) is 8.87. The summed E-state index contributed by atoms with van der Waals surface area (Å²) < 4.78 is 0. The van der Waals surface area contributed by atoms with Gasteiger partial charge in [0.25, 0.3) is 5.91 Å². The lowest BCUT2D eigenvalue weighted by Crippen LogP contribution is -2.11. The zero-order valence-corrected chi connectivity index (χ0v) is 14.7. The van der Waals surface area contributed by atoms with Crippen molar-refractivity contribution < 1.29 is 4.79 Å².